The minimum Gasteiger partial charge on any atom is -0.306 e. The number of anilines is 1. The predicted molar refractivity (Wildman–Crippen MR) is 160 cm³/mol. The Balaban J connectivity index is 1.16. The molecule has 9 nitrogen and oxygen atoms in total. The van der Waals surface area contributed by atoms with E-state index in [1.807, 2.05) is 31.1 Å². The first-order valence-corrected chi connectivity index (χ1v) is 15.0. The van der Waals surface area contributed by atoms with Crippen molar-refractivity contribution in [1.82, 2.24) is 30.1 Å². The largest absolute Gasteiger partial charge is 0.306 e. The van der Waals surface area contributed by atoms with Crippen LogP contribution in [0.3, 0.4) is 0 Å². The monoisotopic (exact) mass is 542 g/mol. The van der Waals surface area contributed by atoms with Crippen LogP contribution in [-0.4, -0.2) is 97.3 Å². The van der Waals surface area contributed by atoms with Crippen molar-refractivity contribution in [2.75, 3.05) is 57.9 Å². The van der Waals surface area contributed by atoms with Crippen molar-refractivity contribution < 1.29 is 4.79 Å². The lowest BCUT2D eigenvalue weighted by atomic mass is 9.93. The Bertz CT molecular complexity index is 1160. The molecule has 1 amide bonds. The van der Waals surface area contributed by atoms with Crippen LogP contribution in [0, 0.1) is 17.2 Å². The number of benzene rings is 1. The average Bonchev–Trinajstić information content (AvgIpc) is 2.99. The first-order valence-electron chi connectivity index (χ1n) is 15.0. The van der Waals surface area contributed by atoms with Crippen molar-refractivity contribution in [2.45, 2.75) is 57.5 Å². The maximum absolute atomic E-state index is 13.4. The highest BCUT2D eigenvalue weighted by Crippen LogP contribution is 2.25. The second-order valence-corrected chi connectivity index (χ2v) is 11.9. The number of amides is 1. The SMILES string of the molecule is Bc1cnc(C#N)nc1N(NC(=O)c1ccc(CN2CCN(CC3CCN(C)CC3)CC2)cc1)C1CCCCC1. The van der Waals surface area contributed by atoms with Crippen LogP contribution in [0.4, 0.5) is 5.82 Å². The van der Waals surface area contributed by atoms with Gasteiger partial charge in [0.2, 0.25) is 5.82 Å². The zero-order valence-electron chi connectivity index (χ0n) is 24.2. The lowest BCUT2D eigenvalue weighted by Gasteiger charge is -2.38. The Hall–Kier alpha value is -3.00. The molecule has 2 aliphatic heterocycles. The Morgan fingerprint density at radius 1 is 1.02 bits per heavy atom. The molecule has 1 saturated carbocycles. The summed E-state index contributed by atoms with van der Waals surface area (Å²) < 4.78 is 0. The van der Waals surface area contributed by atoms with Crippen LogP contribution in [0.5, 0.6) is 0 Å². The first kappa shape index (κ1) is 28.5. The number of piperazine rings is 1. The van der Waals surface area contributed by atoms with Gasteiger partial charge < -0.3 is 9.80 Å². The predicted octanol–water partition coefficient (Wildman–Crippen LogP) is 1.55. The van der Waals surface area contributed by atoms with E-state index in [4.69, 9.17) is 0 Å². The number of carbonyl (C=O) groups is 1. The number of nitriles is 1. The average molecular weight is 543 g/mol. The number of nitrogens with zero attached hydrogens (tertiary/aromatic N) is 7. The molecular formula is C30H43BN8O. The van der Waals surface area contributed by atoms with E-state index in [1.165, 1.54) is 44.5 Å². The summed E-state index contributed by atoms with van der Waals surface area (Å²) in [5.41, 5.74) is 5.82. The summed E-state index contributed by atoms with van der Waals surface area (Å²) in [5.74, 6) is 1.42. The molecule has 1 aromatic carbocycles. The van der Waals surface area contributed by atoms with Crippen LogP contribution in [-0.2, 0) is 6.54 Å². The summed E-state index contributed by atoms with van der Waals surface area (Å²) in [5, 5.41) is 11.2. The minimum atomic E-state index is -0.156. The molecule has 1 aliphatic carbocycles. The number of nitrogens with one attached hydrogen (secondary N) is 1. The molecule has 0 unspecified atom stereocenters. The summed E-state index contributed by atoms with van der Waals surface area (Å²) in [6, 6.07) is 10.2. The highest BCUT2D eigenvalue weighted by atomic mass is 16.2. The fourth-order valence-corrected chi connectivity index (χ4v) is 6.32. The quantitative estimate of drug-likeness (QED) is 0.397. The molecule has 40 heavy (non-hydrogen) atoms. The Morgan fingerprint density at radius 3 is 2.38 bits per heavy atom. The number of hydrazine groups is 1. The van der Waals surface area contributed by atoms with E-state index < -0.39 is 0 Å². The van der Waals surface area contributed by atoms with Gasteiger partial charge in [0, 0.05) is 51.0 Å². The summed E-state index contributed by atoms with van der Waals surface area (Å²) >= 11 is 0. The van der Waals surface area contributed by atoms with Crippen molar-refractivity contribution in [2.24, 2.45) is 5.92 Å². The number of aromatic nitrogens is 2. The fraction of sp³-hybridized carbons (Fsp3) is 0.600. The van der Waals surface area contributed by atoms with E-state index in [2.05, 4.69) is 49.3 Å². The van der Waals surface area contributed by atoms with E-state index in [9.17, 15) is 10.1 Å². The van der Waals surface area contributed by atoms with Gasteiger partial charge in [-0.1, -0.05) is 31.4 Å². The Kier molecular flexibility index (Phi) is 9.68. The van der Waals surface area contributed by atoms with Crippen LogP contribution >= 0.6 is 0 Å². The highest BCUT2D eigenvalue weighted by Gasteiger charge is 2.27. The molecular weight excluding hydrogens is 499 g/mol. The van der Waals surface area contributed by atoms with Crippen molar-refractivity contribution in [3.05, 3.63) is 47.4 Å². The van der Waals surface area contributed by atoms with Crippen LogP contribution in [0.1, 0.15) is 66.7 Å². The van der Waals surface area contributed by atoms with Gasteiger partial charge in [0.15, 0.2) is 0 Å². The number of piperidine rings is 1. The minimum absolute atomic E-state index is 0.114. The second-order valence-electron chi connectivity index (χ2n) is 11.9. The van der Waals surface area contributed by atoms with Gasteiger partial charge >= 0.3 is 0 Å². The van der Waals surface area contributed by atoms with Gasteiger partial charge in [0.05, 0.1) is 6.04 Å². The van der Waals surface area contributed by atoms with Gasteiger partial charge in [-0.2, -0.15) is 5.26 Å². The normalized spacial score (nSPS) is 20.2. The van der Waals surface area contributed by atoms with Crippen molar-refractivity contribution in [3.8, 4) is 6.07 Å². The first-order chi connectivity index (χ1) is 19.5. The van der Waals surface area contributed by atoms with Gasteiger partial charge in [-0.25, -0.2) is 9.97 Å². The van der Waals surface area contributed by atoms with Gasteiger partial charge in [0.1, 0.15) is 19.7 Å². The maximum Gasteiger partial charge on any atom is 0.269 e. The molecule has 5 rings (SSSR count). The number of likely N-dealkylation sites (tertiary alicyclic amines) is 1. The van der Waals surface area contributed by atoms with Crippen LogP contribution in [0.25, 0.3) is 0 Å². The molecule has 1 aromatic heterocycles. The fourth-order valence-electron chi connectivity index (χ4n) is 6.32. The molecule has 3 fully saturated rings. The number of hydrogen-bond acceptors (Lipinski definition) is 8. The summed E-state index contributed by atoms with van der Waals surface area (Å²) in [6.07, 6.45) is 9.72. The van der Waals surface area contributed by atoms with Crippen molar-refractivity contribution in [1.29, 1.82) is 5.26 Å². The van der Waals surface area contributed by atoms with Gasteiger partial charge in [0.25, 0.3) is 5.91 Å². The van der Waals surface area contributed by atoms with Gasteiger partial charge in [-0.3, -0.25) is 20.1 Å². The third-order valence-electron chi connectivity index (χ3n) is 8.88. The molecule has 2 saturated heterocycles. The molecule has 3 aliphatic rings. The van der Waals surface area contributed by atoms with E-state index in [0.29, 0.717) is 11.4 Å². The van der Waals surface area contributed by atoms with E-state index in [0.717, 1.165) is 69.8 Å². The van der Waals surface area contributed by atoms with E-state index >= 15 is 0 Å². The lowest BCUT2D eigenvalue weighted by Crippen LogP contribution is -2.52. The Labute approximate surface area is 239 Å². The van der Waals surface area contributed by atoms with Gasteiger partial charge in [-0.05, 0) is 74.9 Å². The number of carbonyl (C=O) groups excluding carboxylic acids is 1. The second kappa shape index (κ2) is 13.6. The summed E-state index contributed by atoms with van der Waals surface area (Å²) in [6.45, 7) is 9.09. The molecule has 3 heterocycles. The number of rotatable bonds is 8. The molecule has 212 valence electrons. The lowest BCUT2D eigenvalue weighted by molar-refractivity contribution is 0.0940. The van der Waals surface area contributed by atoms with Gasteiger partial charge in [-0.15, -0.1) is 0 Å². The van der Waals surface area contributed by atoms with Crippen LogP contribution in [0.2, 0.25) is 0 Å². The van der Waals surface area contributed by atoms with Crippen LogP contribution < -0.4 is 15.9 Å². The van der Waals surface area contributed by atoms with Crippen molar-refractivity contribution in [3.63, 3.8) is 0 Å². The van der Waals surface area contributed by atoms with E-state index in [-0.39, 0.29) is 17.8 Å². The zero-order valence-corrected chi connectivity index (χ0v) is 24.2. The molecule has 2 aromatic rings. The smallest absolute Gasteiger partial charge is 0.269 e. The standard InChI is InChI=1S/C30H43BN8O/c1-36-13-11-24(12-14-36)22-38-17-15-37(16-18-38)21-23-7-9-25(10-8-23)30(40)35-39(26-5-3-2-4-6-26)29-27(31)20-33-28(19-32)34-29/h7-10,20,24,26H,2-6,11-18,21-22,31H2,1H3,(H,35,40). The van der Waals surface area contributed by atoms with E-state index in [1.54, 1.807) is 6.20 Å². The highest BCUT2D eigenvalue weighted by molar-refractivity contribution is 6.35. The Morgan fingerprint density at radius 2 is 1.70 bits per heavy atom. The van der Waals surface area contributed by atoms with Crippen LogP contribution in [0.15, 0.2) is 30.5 Å². The number of hydrogen-bond donors (Lipinski definition) is 1. The third kappa shape index (κ3) is 7.39. The molecule has 10 heteroatoms. The topological polar surface area (TPSA) is 91.6 Å². The molecule has 0 bridgehead atoms. The molecule has 0 spiro atoms. The van der Waals surface area contributed by atoms with Crippen molar-refractivity contribution >= 4 is 25.0 Å². The summed E-state index contributed by atoms with van der Waals surface area (Å²) in [4.78, 5) is 29.5. The zero-order chi connectivity index (χ0) is 27.9. The molecule has 0 radical (unpaired) electrons. The third-order valence-corrected chi connectivity index (χ3v) is 8.88. The summed E-state index contributed by atoms with van der Waals surface area (Å²) in [7, 11) is 4.15. The molecule has 1 N–H and O–H groups in total. The maximum atomic E-state index is 13.4. The molecule has 0 atom stereocenters.